The molecule has 0 radical (unpaired) electrons. The van der Waals surface area contributed by atoms with E-state index in [2.05, 4.69) is 11.4 Å². The summed E-state index contributed by atoms with van der Waals surface area (Å²) < 4.78 is 0. The van der Waals surface area contributed by atoms with Crippen LogP contribution in [0.2, 0.25) is 0 Å². The number of fused-ring (bicyclic) bond motifs is 3. The van der Waals surface area contributed by atoms with Crippen molar-refractivity contribution in [1.29, 1.82) is 0 Å². The molecule has 1 amide bonds. The molecule has 0 spiro atoms. The highest BCUT2D eigenvalue weighted by Crippen LogP contribution is 2.29. The Balaban J connectivity index is 1.43. The fourth-order valence-electron chi connectivity index (χ4n) is 4.51. The highest BCUT2D eigenvalue weighted by atomic mass is 16.4. The fraction of sp³-hybridized carbons (Fsp3) is 0.103. The molecular formula is C29H23NO3. The number of nitrogens with one attached hydrogen (secondary N) is 1. The fourth-order valence-corrected chi connectivity index (χ4v) is 4.51. The highest BCUT2D eigenvalue weighted by Gasteiger charge is 2.23. The Labute approximate surface area is 191 Å². The predicted octanol–water partition coefficient (Wildman–Crippen LogP) is 5.50. The number of rotatable bonds is 6. The summed E-state index contributed by atoms with van der Waals surface area (Å²) in [4.78, 5) is 24.9. The molecule has 1 atom stereocenters. The number of hydrogen-bond donors (Lipinski definition) is 2. The maximum atomic E-state index is 12.8. The predicted molar refractivity (Wildman–Crippen MR) is 132 cm³/mol. The molecule has 162 valence electrons. The van der Waals surface area contributed by atoms with E-state index in [9.17, 15) is 14.7 Å². The van der Waals surface area contributed by atoms with Crippen LogP contribution in [0.4, 0.5) is 0 Å². The van der Waals surface area contributed by atoms with Gasteiger partial charge in [0.1, 0.15) is 6.04 Å². The molecule has 0 heterocycles. The van der Waals surface area contributed by atoms with Crippen LogP contribution in [0.3, 0.4) is 0 Å². The first-order valence-corrected chi connectivity index (χ1v) is 11.0. The summed E-state index contributed by atoms with van der Waals surface area (Å²) in [5.74, 6) is -1.35. The van der Waals surface area contributed by atoms with Gasteiger partial charge in [0.05, 0.1) is 6.42 Å². The van der Waals surface area contributed by atoms with Crippen molar-refractivity contribution in [2.45, 2.75) is 18.9 Å². The van der Waals surface area contributed by atoms with E-state index in [1.54, 1.807) is 0 Å². The van der Waals surface area contributed by atoms with Crippen molar-refractivity contribution in [2.75, 3.05) is 0 Å². The van der Waals surface area contributed by atoms with Crippen LogP contribution in [-0.4, -0.2) is 23.0 Å². The lowest BCUT2D eigenvalue weighted by molar-refractivity contribution is -0.141. The molecule has 0 aliphatic heterocycles. The van der Waals surface area contributed by atoms with Gasteiger partial charge in [-0.3, -0.25) is 4.79 Å². The molecule has 0 unspecified atom stereocenters. The summed E-state index contributed by atoms with van der Waals surface area (Å²) in [6.07, 6.45) is 0.339. The SMILES string of the molecule is O=C(Cc1ccc2ccccc2c1)N[C@@H](Cc1c2ccccc2cc2ccccc12)C(=O)O. The number of carboxylic acids is 1. The van der Waals surface area contributed by atoms with Crippen molar-refractivity contribution in [3.8, 4) is 0 Å². The molecule has 0 aliphatic rings. The van der Waals surface area contributed by atoms with E-state index in [1.807, 2.05) is 91.0 Å². The maximum absolute atomic E-state index is 12.8. The lowest BCUT2D eigenvalue weighted by Gasteiger charge is -2.18. The summed E-state index contributed by atoms with van der Waals surface area (Å²) in [5, 5.41) is 19.0. The Bertz CT molecular complexity index is 1450. The number of hydrogen-bond acceptors (Lipinski definition) is 2. The number of amides is 1. The van der Waals surface area contributed by atoms with Gasteiger partial charge in [0, 0.05) is 6.42 Å². The average Bonchev–Trinajstić information content (AvgIpc) is 2.83. The van der Waals surface area contributed by atoms with E-state index >= 15 is 0 Å². The van der Waals surface area contributed by atoms with Crippen LogP contribution in [0.25, 0.3) is 32.3 Å². The number of aliphatic carboxylic acids is 1. The first kappa shape index (κ1) is 20.7. The average molecular weight is 434 g/mol. The Hall–Kier alpha value is -4.18. The largest absolute Gasteiger partial charge is 0.480 e. The molecule has 0 aromatic heterocycles. The van der Waals surface area contributed by atoms with E-state index in [0.29, 0.717) is 0 Å². The van der Waals surface area contributed by atoms with Crippen LogP contribution in [-0.2, 0) is 22.4 Å². The number of carbonyl (C=O) groups is 2. The Morgan fingerprint density at radius 3 is 1.91 bits per heavy atom. The van der Waals surface area contributed by atoms with Gasteiger partial charge in [-0.1, -0.05) is 91.0 Å². The molecule has 0 saturated heterocycles. The summed E-state index contributed by atoms with van der Waals surface area (Å²) in [6.45, 7) is 0. The number of carboxylic acid groups (broad SMARTS) is 1. The summed E-state index contributed by atoms with van der Waals surface area (Å²) in [7, 11) is 0. The molecule has 5 aromatic carbocycles. The standard InChI is InChI=1S/C29H23NO3/c31-28(16-19-13-14-20-7-1-2-8-21(20)15-19)30-27(29(32)33)18-26-24-11-5-3-9-22(24)17-23-10-4-6-12-25(23)26/h1-15,17,27H,16,18H2,(H,30,31)(H,32,33)/t27-/m0/s1. The second-order valence-electron chi connectivity index (χ2n) is 8.32. The van der Waals surface area contributed by atoms with E-state index in [-0.39, 0.29) is 18.7 Å². The topological polar surface area (TPSA) is 66.4 Å². The van der Waals surface area contributed by atoms with Gasteiger partial charge in [-0.05, 0) is 49.5 Å². The lowest BCUT2D eigenvalue weighted by Crippen LogP contribution is -2.43. The molecule has 0 fully saturated rings. The van der Waals surface area contributed by atoms with Crippen LogP contribution in [0, 0.1) is 0 Å². The van der Waals surface area contributed by atoms with Crippen molar-refractivity contribution in [1.82, 2.24) is 5.32 Å². The van der Waals surface area contributed by atoms with Crippen molar-refractivity contribution < 1.29 is 14.7 Å². The molecule has 33 heavy (non-hydrogen) atoms. The van der Waals surface area contributed by atoms with Gasteiger partial charge >= 0.3 is 5.97 Å². The second-order valence-corrected chi connectivity index (χ2v) is 8.32. The number of carbonyl (C=O) groups excluding carboxylic acids is 1. The first-order chi connectivity index (χ1) is 16.1. The van der Waals surface area contributed by atoms with Crippen molar-refractivity contribution in [2.24, 2.45) is 0 Å². The van der Waals surface area contributed by atoms with E-state index in [0.717, 1.165) is 43.4 Å². The van der Waals surface area contributed by atoms with Crippen molar-refractivity contribution in [3.63, 3.8) is 0 Å². The number of benzene rings is 5. The third-order valence-electron chi connectivity index (χ3n) is 6.10. The minimum Gasteiger partial charge on any atom is -0.480 e. The van der Waals surface area contributed by atoms with Gasteiger partial charge in [-0.25, -0.2) is 4.79 Å². The molecule has 0 aliphatic carbocycles. The Morgan fingerprint density at radius 1 is 0.697 bits per heavy atom. The minimum atomic E-state index is -1.04. The Morgan fingerprint density at radius 2 is 1.27 bits per heavy atom. The highest BCUT2D eigenvalue weighted by molar-refractivity contribution is 6.02. The minimum absolute atomic E-state index is 0.130. The van der Waals surface area contributed by atoms with E-state index in [1.165, 1.54) is 0 Å². The van der Waals surface area contributed by atoms with Crippen LogP contribution in [0.1, 0.15) is 11.1 Å². The van der Waals surface area contributed by atoms with Crippen LogP contribution in [0.15, 0.2) is 97.1 Å². The Kier molecular flexibility index (Phi) is 5.49. The summed E-state index contributed by atoms with van der Waals surface area (Å²) in [6, 6.07) is 30.8. The smallest absolute Gasteiger partial charge is 0.326 e. The van der Waals surface area contributed by atoms with E-state index in [4.69, 9.17) is 0 Å². The van der Waals surface area contributed by atoms with Gasteiger partial charge in [0.15, 0.2) is 0 Å². The van der Waals surface area contributed by atoms with Crippen molar-refractivity contribution >= 4 is 44.2 Å². The van der Waals surface area contributed by atoms with Gasteiger partial charge in [-0.15, -0.1) is 0 Å². The molecule has 4 heteroatoms. The zero-order valence-corrected chi connectivity index (χ0v) is 18.0. The van der Waals surface area contributed by atoms with Crippen LogP contribution < -0.4 is 5.32 Å². The van der Waals surface area contributed by atoms with E-state index < -0.39 is 12.0 Å². The molecular weight excluding hydrogens is 410 g/mol. The van der Waals surface area contributed by atoms with Crippen molar-refractivity contribution in [3.05, 3.63) is 108 Å². The third kappa shape index (κ3) is 4.28. The quantitative estimate of drug-likeness (QED) is 0.348. The molecule has 4 nitrogen and oxygen atoms in total. The first-order valence-electron chi connectivity index (χ1n) is 11.0. The zero-order chi connectivity index (χ0) is 22.8. The normalized spacial score (nSPS) is 12.1. The molecule has 0 bridgehead atoms. The molecule has 0 saturated carbocycles. The van der Waals surface area contributed by atoms with Gasteiger partial charge in [0.2, 0.25) is 5.91 Å². The van der Waals surface area contributed by atoms with Crippen LogP contribution in [0.5, 0.6) is 0 Å². The second kappa shape index (κ2) is 8.75. The van der Waals surface area contributed by atoms with Crippen LogP contribution >= 0.6 is 0 Å². The summed E-state index contributed by atoms with van der Waals surface area (Å²) in [5.41, 5.74) is 1.79. The molecule has 5 rings (SSSR count). The van der Waals surface area contributed by atoms with Gasteiger partial charge < -0.3 is 10.4 Å². The third-order valence-corrected chi connectivity index (χ3v) is 6.10. The van der Waals surface area contributed by atoms with Gasteiger partial charge in [0.25, 0.3) is 0 Å². The molecule has 5 aromatic rings. The summed E-state index contributed by atoms with van der Waals surface area (Å²) >= 11 is 0. The molecule has 2 N–H and O–H groups in total. The van der Waals surface area contributed by atoms with Gasteiger partial charge in [-0.2, -0.15) is 0 Å². The monoisotopic (exact) mass is 433 g/mol. The lowest BCUT2D eigenvalue weighted by atomic mass is 9.92. The maximum Gasteiger partial charge on any atom is 0.326 e. The zero-order valence-electron chi connectivity index (χ0n) is 18.0.